The van der Waals surface area contributed by atoms with Gasteiger partial charge in [-0.2, -0.15) is 0 Å². The Morgan fingerprint density at radius 2 is 1.57 bits per heavy atom. The minimum absolute atomic E-state index is 1.06. The van der Waals surface area contributed by atoms with Crippen LogP contribution >= 0.6 is 0 Å². The Bertz CT molecular complexity index is 144. The summed E-state index contributed by atoms with van der Waals surface area (Å²) < 4.78 is 0. The van der Waals surface area contributed by atoms with E-state index < -0.39 is 0 Å². The second kappa shape index (κ2) is 0.340. The van der Waals surface area contributed by atoms with Crippen LogP contribution in [0, 0.1) is 22.7 Å². The van der Waals surface area contributed by atoms with Crippen molar-refractivity contribution < 1.29 is 0 Å². The molecule has 7 aliphatic carbocycles. The number of hydrogen-bond donors (Lipinski definition) is 0. The molecule has 0 heterocycles. The fourth-order valence-corrected chi connectivity index (χ4v) is 4.09. The van der Waals surface area contributed by atoms with Gasteiger partial charge in [0.1, 0.15) is 0 Å². The molecule has 7 fully saturated rings. The highest BCUT2D eigenvalue weighted by molar-refractivity contribution is 5.52. The van der Waals surface area contributed by atoms with E-state index in [1.165, 1.54) is 11.8 Å². The average Bonchev–Trinajstić information content (AvgIpc) is 2.29. The lowest BCUT2D eigenvalue weighted by Gasteiger charge is -2.37. The number of hydrogen-bond acceptors (Lipinski definition) is 0. The summed E-state index contributed by atoms with van der Waals surface area (Å²) in [6, 6.07) is 0. The predicted octanol–water partition coefficient (Wildman–Crippen LogP) is 1.42. The Balaban J connectivity index is 2.26. The summed E-state index contributed by atoms with van der Waals surface area (Å²) in [5.41, 5.74) is 2.11. The Morgan fingerprint density at radius 3 is 1.71 bits per heavy atom. The monoisotopic (exact) mass is 92.1 g/mol. The Morgan fingerprint density at radius 1 is 1.00 bits per heavy atom. The van der Waals surface area contributed by atoms with Crippen molar-refractivity contribution in [3.05, 3.63) is 0 Å². The van der Waals surface area contributed by atoms with E-state index in [0.29, 0.717) is 0 Å². The van der Waals surface area contributed by atoms with Crippen molar-refractivity contribution in [2.75, 3.05) is 0 Å². The first-order valence-corrected chi connectivity index (χ1v) is 3.40. The van der Waals surface area contributed by atoms with Crippen LogP contribution in [0.15, 0.2) is 0 Å². The van der Waals surface area contributed by atoms with E-state index >= 15 is 0 Å². The van der Waals surface area contributed by atoms with E-state index in [1.54, 1.807) is 19.3 Å². The van der Waals surface area contributed by atoms with Gasteiger partial charge in [0.2, 0.25) is 0 Å². The normalized spacial score (nSPS) is 96.0. The van der Waals surface area contributed by atoms with Gasteiger partial charge in [-0.1, -0.05) is 0 Å². The first-order chi connectivity index (χ1) is 3.40. The van der Waals surface area contributed by atoms with E-state index in [9.17, 15) is 0 Å². The van der Waals surface area contributed by atoms with Gasteiger partial charge >= 0.3 is 0 Å². The molecule has 7 saturated carbocycles. The largest absolute Gasteiger partial charge is 0.0464 e. The average molecular weight is 92.1 g/mol. The molecule has 0 atom stereocenters. The minimum Gasteiger partial charge on any atom is -0.0464 e. The van der Waals surface area contributed by atoms with Gasteiger partial charge in [-0.3, -0.25) is 0 Å². The van der Waals surface area contributed by atoms with E-state index in [1.807, 2.05) is 0 Å². The molecule has 7 rings (SSSR count). The third-order valence-electron chi connectivity index (χ3n) is 4.31. The van der Waals surface area contributed by atoms with Crippen LogP contribution in [0.3, 0.4) is 0 Å². The molecule has 0 aliphatic heterocycles. The van der Waals surface area contributed by atoms with Gasteiger partial charge < -0.3 is 0 Å². The summed E-state index contributed by atoms with van der Waals surface area (Å²) in [5.74, 6) is 2.64. The first kappa shape index (κ1) is 2.52. The Hall–Kier alpha value is 0. The van der Waals surface area contributed by atoms with Crippen LogP contribution in [-0.4, -0.2) is 0 Å². The van der Waals surface area contributed by atoms with Crippen molar-refractivity contribution in [2.45, 2.75) is 19.3 Å². The van der Waals surface area contributed by atoms with Crippen LogP contribution in [0.2, 0.25) is 0 Å². The van der Waals surface area contributed by atoms with E-state index in [4.69, 9.17) is 0 Å². The summed E-state index contributed by atoms with van der Waals surface area (Å²) in [5, 5.41) is 0. The summed E-state index contributed by atoms with van der Waals surface area (Å²) in [4.78, 5) is 0. The van der Waals surface area contributed by atoms with Crippen LogP contribution in [0.5, 0.6) is 0 Å². The topological polar surface area (TPSA) is 0 Å². The van der Waals surface area contributed by atoms with Gasteiger partial charge in [-0.05, 0) is 41.9 Å². The van der Waals surface area contributed by atoms with Crippen LogP contribution in [0.4, 0.5) is 0 Å². The standard InChI is InChI=1S/C7H8/c1-2-7-3-6(1)4(7)5(6)7/h4-5H,1-3H2. The molecule has 0 radical (unpaired) electrons. The maximum atomic E-state index is 1.66. The molecule has 7 heavy (non-hydrogen) atoms. The van der Waals surface area contributed by atoms with Crippen molar-refractivity contribution in [2.24, 2.45) is 22.7 Å². The van der Waals surface area contributed by atoms with E-state index in [2.05, 4.69) is 0 Å². The van der Waals surface area contributed by atoms with Gasteiger partial charge in [0.25, 0.3) is 0 Å². The van der Waals surface area contributed by atoms with Crippen LogP contribution in [-0.2, 0) is 0 Å². The molecule has 0 aromatic heterocycles. The van der Waals surface area contributed by atoms with Crippen molar-refractivity contribution in [1.29, 1.82) is 0 Å². The maximum absolute atomic E-state index is 1.66. The molecule has 0 heteroatoms. The Kier molecular flexibility index (Phi) is 0.122. The summed E-state index contributed by atoms with van der Waals surface area (Å²) in [6.07, 6.45) is 4.92. The maximum Gasteiger partial charge on any atom is -0.0218 e. The van der Waals surface area contributed by atoms with E-state index in [-0.39, 0.29) is 0 Å². The highest BCUT2D eigenvalue weighted by Gasteiger charge is 3.04. The van der Waals surface area contributed by atoms with Gasteiger partial charge in [0.15, 0.2) is 0 Å². The van der Waals surface area contributed by atoms with Gasteiger partial charge in [-0.15, -0.1) is 0 Å². The third-order valence-corrected chi connectivity index (χ3v) is 4.31. The van der Waals surface area contributed by atoms with Crippen molar-refractivity contribution in [1.82, 2.24) is 0 Å². The van der Waals surface area contributed by atoms with Crippen LogP contribution in [0.25, 0.3) is 0 Å². The smallest absolute Gasteiger partial charge is 0.0218 e. The molecular formula is C7H8. The predicted molar refractivity (Wildman–Crippen MR) is 25.7 cm³/mol. The molecule has 0 unspecified atom stereocenters. The van der Waals surface area contributed by atoms with Gasteiger partial charge in [0, 0.05) is 0 Å². The molecule has 36 valence electrons. The zero-order valence-electron chi connectivity index (χ0n) is 4.28. The zero-order chi connectivity index (χ0) is 4.28. The zero-order valence-corrected chi connectivity index (χ0v) is 4.28. The second-order valence-electron chi connectivity index (χ2n) is 4.10. The van der Waals surface area contributed by atoms with Gasteiger partial charge in [-0.25, -0.2) is 0 Å². The first-order valence-electron chi connectivity index (χ1n) is 3.40. The number of rotatable bonds is 0. The van der Waals surface area contributed by atoms with Crippen molar-refractivity contribution in [3.8, 4) is 0 Å². The molecule has 2 bridgehead atoms. The van der Waals surface area contributed by atoms with Crippen LogP contribution in [0.1, 0.15) is 19.3 Å². The molecular weight excluding hydrogens is 84.1 g/mol. The molecule has 0 aromatic carbocycles. The second-order valence-corrected chi connectivity index (χ2v) is 4.10. The van der Waals surface area contributed by atoms with E-state index in [0.717, 1.165) is 10.8 Å². The van der Waals surface area contributed by atoms with Crippen LogP contribution < -0.4 is 0 Å². The Labute approximate surface area is 42.9 Å². The SMILES string of the molecule is C1CC23CC14C2C43. The lowest BCUT2D eigenvalue weighted by molar-refractivity contribution is 0.105. The van der Waals surface area contributed by atoms with Gasteiger partial charge in [0.05, 0.1) is 0 Å². The molecule has 0 N–H and O–H groups in total. The molecule has 0 saturated heterocycles. The molecule has 2 spiro atoms. The highest BCUT2D eigenvalue weighted by Crippen LogP contribution is 3.10. The summed E-state index contributed by atoms with van der Waals surface area (Å²) in [7, 11) is 0. The molecule has 0 nitrogen and oxygen atoms in total. The summed E-state index contributed by atoms with van der Waals surface area (Å²) >= 11 is 0. The van der Waals surface area contributed by atoms with Crippen molar-refractivity contribution in [3.63, 3.8) is 0 Å². The molecule has 0 amide bonds. The molecule has 7 aliphatic rings. The highest BCUT2D eigenvalue weighted by atomic mass is 15.1. The lowest BCUT2D eigenvalue weighted by atomic mass is 9.67. The lowest BCUT2D eigenvalue weighted by Crippen LogP contribution is -2.31. The third kappa shape index (κ3) is 0.0701. The quantitative estimate of drug-likeness (QED) is 0.424. The fourth-order valence-electron chi connectivity index (χ4n) is 4.09. The fraction of sp³-hybridized carbons (Fsp3) is 1.00. The molecule has 0 aromatic rings. The summed E-state index contributed by atoms with van der Waals surface area (Å²) in [6.45, 7) is 0. The minimum atomic E-state index is 1.06. The van der Waals surface area contributed by atoms with Crippen molar-refractivity contribution >= 4 is 0 Å².